The number of rotatable bonds is 5. The highest BCUT2D eigenvalue weighted by atomic mass is 35.5. The standard InChI is InChI=1S/C18H15ClN2O5/c1-11(18(23)21-16-6-4-13(19)9-20-16)26-17(22)7-3-12-2-5-14-15(8-12)25-10-24-14/h2-9,11H,10H2,1H3,(H,20,21,23)/b7-3-/t11-/m0/s1. The summed E-state index contributed by atoms with van der Waals surface area (Å²) in [5.41, 5.74) is 0.744. The predicted molar refractivity (Wildman–Crippen MR) is 95.0 cm³/mol. The zero-order valence-electron chi connectivity index (χ0n) is 13.8. The monoisotopic (exact) mass is 374 g/mol. The quantitative estimate of drug-likeness (QED) is 0.639. The zero-order chi connectivity index (χ0) is 18.5. The molecule has 1 atom stereocenters. The fraction of sp³-hybridized carbons (Fsp3) is 0.167. The summed E-state index contributed by atoms with van der Waals surface area (Å²) >= 11 is 5.73. The van der Waals surface area contributed by atoms with Crippen LogP contribution in [0.1, 0.15) is 12.5 Å². The third-order valence-corrected chi connectivity index (χ3v) is 3.67. The number of aromatic nitrogens is 1. The first-order valence-corrected chi connectivity index (χ1v) is 8.10. The number of carbonyl (C=O) groups is 2. The lowest BCUT2D eigenvalue weighted by atomic mass is 10.2. The molecule has 1 aliphatic rings. The minimum absolute atomic E-state index is 0.180. The molecule has 0 unspecified atom stereocenters. The maximum Gasteiger partial charge on any atom is 0.331 e. The highest BCUT2D eigenvalue weighted by molar-refractivity contribution is 6.30. The Morgan fingerprint density at radius 1 is 1.27 bits per heavy atom. The van der Waals surface area contributed by atoms with Crippen LogP contribution >= 0.6 is 11.6 Å². The smallest absolute Gasteiger partial charge is 0.331 e. The summed E-state index contributed by atoms with van der Waals surface area (Å²) in [5, 5.41) is 2.99. The Morgan fingerprint density at radius 2 is 2.08 bits per heavy atom. The number of amides is 1. The highest BCUT2D eigenvalue weighted by Crippen LogP contribution is 2.32. The van der Waals surface area contributed by atoms with Gasteiger partial charge in [-0.3, -0.25) is 4.79 Å². The number of nitrogens with one attached hydrogen (secondary N) is 1. The summed E-state index contributed by atoms with van der Waals surface area (Å²) in [6, 6.07) is 8.42. The van der Waals surface area contributed by atoms with Crippen LogP contribution in [0.4, 0.5) is 5.82 Å². The van der Waals surface area contributed by atoms with Crippen LogP contribution < -0.4 is 14.8 Å². The van der Waals surface area contributed by atoms with Crippen molar-refractivity contribution in [2.24, 2.45) is 0 Å². The number of ether oxygens (including phenoxy) is 3. The normalized spacial score (nSPS) is 13.5. The van der Waals surface area contributed by atoms with Gasteiger partial charge in [0.2, 0.25) is 6.79 Å². The number of halogens is 1. The predicted octanol–water partition coefficient (Wildman–Crippen LogP) is 3.05. The Kier molecular flexibility index (Phi) is 5.38. The molecule has 1 aromatic carbocycles. The lowest BCUT2D eigenvalue weighted by Crippen LogP contribution is -2.29. The second kappa shape index (κ2) is 7.88. The van der Waals surface area contributed by atoms with Crippen LogP contribution in [0, 0.1) is 0 Å². The van der Waals surface area contributed by atoms with E-state index < -0.39 is 18.0 Å². The van der Waals surface area contributed by atoms with Gasteiger partial charge in [-0.2, -0.15) is 0 Å². The number of fused-ring (bicyclic) bond motifs is 1. The van der Waals surface area contributed by atoms with Crippen molar-refractivity contribution in [1.29, 1.82) is 0 Å². The van der Waals surface area contributed by atoms with E-state index in [1.807, 2.05) is 0 Å². The minimum Gasteiger partial charge on any atom is -0.454 e. The molecule has 134 valence electrons. The average molecular weight is 375 g/mol. The molecule has 0 fully saturated rings. The molecular weight excluding hydrogens is 360 g/mol. The van der Waals surface area contributed by atoms with E-state index in [0.717, 1.165) is 5.56 Å². The number of hydrogen-bond donors (Lipinski definition) is 1. The van der Waals surface area contributed by atoms with Crippen LogP contribution in [0.15, 0.2) is 42.6 Å². The van der Waals surface area contributed by atoms with Crippen molar-refractivity contribution < 1.29 is 23.8 Å². The molecule has 2 heterocycles. The molecule has 0 saturated heterocycles. The van der Waals surface area contributed by atoms with E-state index in [0.29, 0.717) is 22.3 Å². The van der Waals surface area contributed by atoms with Gasteiger partial charge in [-0.05, 0) is 42.8 Å². The van der Waals surface area contributed by atoms with Gasteiger partial charge in [0, 0.05) is 12.3 Å². The maximum atomic E-state index is 12.0. The summed E-state index contributed by atoms with van der Waals surface area (Å²) < 4.78 is 15.6. The molecule has 3 rings (SSSR count). The van der Waals surface area contributed by atoms with Gasteiger partial charge in [-0.25, -0.2) is 9.78 Å². The van der Waals surface area contributed by atoms with Crippen LogP contribution in [-0.4, -0.2) is 29.8 Å². The van der Waals surface area contributed by atoms with Gasteiger partial charge in [0.1, 0.15) is 5.82 Å². The SMILES string of the molecule is C[C@H](OC(=O)/C=C\c1ccc2c(c1)OCO2)C(=O)Nc1ccc(Cl)cn1. The molecule has 0 bridgehead atoms. The summed E-state index contributed by atoms with van der Waals surface area (Å²) in [6.45, 7) is 1.65. The third kappa shape index (κ3) is 4.52. The number of nitrogens with zero attached hydrogens (tertiary/aromatic N) is 1. The van der Waals surface area contributed by atoms with Crippen molar-refractivity contribution in [3.05, 3.63) is 53.2 Å². The van der Waals surface area contributed by atoms with Crippen LogP contribution in [0.25, 0.3) is 6.08 Å². The largest absolute Gasteiger partial charge is 0.454 e. The Morgan fingerprint density at radius 3 is 2.85 bits per heavy atom. The van der Waals surface area contributed by atoms with Gasteiger partial charge in [-0.1, -0.05) is 17.7 Å². The molecular formula is C18H15ClN2O5. The molecule has 1 aliphatic heterocycles. The van der Waals surface area contributed by atoms with E-state index in [1.54, 1.807) is 36.4 Å². The zero-order valence-corrected chi connectivity index (χ0v) is 14.5. The molecule has 0 saturated carbocycles. The van der Waals surface area contributed by atoms with Crippen molar-refractivity contribution in [1.82, 2.24) is 4.98 Å². The third-order valence-electron chi connectivity index (χ3n) is 3.45. The fourth-order valence-corrected chi connectivity index (χ4v) is 2.24. The number of carbonyl (C=O) groups excluding carboxylic acids is 2. The molecule has 1 aromatic heterocycles. The number of hydrogen-bond acceptors (Lipinski definition) is 6. The van der Waals surface area contributed by atoms with E-state index in [9.17, 15) is 9.59 Å². The van der Waals surface area contributed by atoms with Crippen molar-refractivity contribution in [2.45, 2.75) is 13.0 Å². The average Bonchev–Trinajstić information content (AvgIpc) is 3.09. The topological polar surface area (TPSA) is 86.8 Å². The summed E-state index contributed by atoms with van der Waals surface area (Å²) in [6.07, 6.45) is 3.22. The molecule has 0 spiro atoms. The van der Waals surface area contributed by atoms with Gasteiger partial charge in [-0.15, -0.1) is 0 Å². The van der Waals surface area contributed by atoms with E-state index in [2.05, 4.69) is 10.3 Å². The van der Waals surface area contributed by atoms with E-state index in [4.69, 9.17) is 25.8 Å². The number of pyridine rings is 1. The second-order valence-corrected chi connectivity index (χ2v) is 5.81. The summed E-state index contributed by atoms with van der Waals surface area (Å²) in [7, 11) is 0. The Bertz CT molecular complexity index is 851. The first-order valence-electron chi connectivity index (χ1n) is 7.72. The van der Waals surface area contributed by atoms with E-state index in [1.165, 1.54) is 19.2 Å². The minimum atomic E-state index is -0.985. The molecule has 0 radical (unpaired) electrons. The van der Waals surface area contributed by atoms with Gasteiger partial charge >= 0.3 is 5.97 Å². The first-order chi connectivity index (χ1) is 12.5. The maximum absolute atomic E-state index is 12.0. The van der Waals surface area contributed by atoms with Crippen LogP contribution in [-0.2, 0) is 14.3 Å². The van der Waals surface area contributed by atoms with E-state index >= 15 is 0 Å². The molecule has 7 nitrogen and oxygen atoms in total. The molecule has 1 N–H and O–H groups in total. The number of esters is 1. The summed E-state index contributed by atoms with van der Waals surface area (Å²) in [5.74, 6) is 0.451. The lowest BCUT2D eigenvalue weighted by Gasteiger charge is -2.11. The lowest BCUT2D eigenvalue weighted by molar-refractivity contribution is -0.148. The molecule has 1 amide bonds. The van der Waals surface area contributed by atoms with Crippen molar-refractivity contribution in [2.75, 3.05) is 12.1 Å². The molecule has 26 heavy (non-hydrogen) atoms. The van der Waals surface area contributed by atoms with Crippen molar-refractivity contribution in [3.63, 3.8) is 0 Å². The van der Waals surface area contributed by atoms with Crippen LogP contribution in [0.2, 0.25) is 5.02 Å². The van der Waals surface area contributed by atoms with E-state index in [-0.39, 0.29) is 6.79 Å². The van der Waals surface area contributed by atoms with Crippen LogP contribution in [0.3, 0.4) is 0 Å². The molecule has 2 aromatic rings. The Balaban J connectivity index is 1.53. The van der Waals surface area contributed by atoms with Gasteiger partial charge in [0.15, 0.2) is 17.6 Å². The second-order valence-electron chi connectivity index (χ2n) is 5.38. The number of anilines is 1. The Hall–Kier alpha value is -3.06. The Labute approximate surface area is 154 Å². The van der Waals surface area contributed by atoms with Gasteiger partial charge < -0.3 is 19.5 Å². The van der Waals surface area contributed by atoms with Gasteiger partial charge in [0.25, 0.3) is 5.91 Å². The molecule has 8 heteroatoms. The van der Waals surface area contributed by atoms with Gasteiger partial charge in [0.05, 0.1) is 5.02 Å². The number of benzene rings is 1. The molecule has 0 aliphatic carbocycles. The van der Waals surface area contributed by atoms with Crippen molar-refractivity contribution >= 4 is 35.4 Å². The summed E-state index contributed by atoms with van der Waals surface area (Å²) in [4.78, 5) is 27.8. The highest BCUT2D eigenvalue weighted by Gasteiger charge is 2.17. The van der Waals surface area contributed by atoms with Crippen molar-refractivity contribution in [3.8, 4) is 11.5 Å². The van der Waals surface area contributed by atoms with Crippen LogP contribution in [0.5, 0.6) is 11.5 Å². The fourth-order valence-electron chi connectivity index (χ4n) is 2.13. The first kappa shape index (κ1) is 17.8.